The number of nitrogens with one attached hydrogen (secondary N) is 2. The van der Waals surface area contributed by atoms with Gasteiger partial charge >= 0.3 is 6.09 Å². The molecule has 0 bridgehead atoms. The lowest BCUT2D eigenvalue weighted by atomic mass is 9.87. The van der Waals surface area contributed by atoms with E-state index in [9.17, 15) is 14.7 Å². The Morgan fingerprint density at radius 1 is 1.32 bits per heavy atom. The number of hydrogen-bond acceptors (Lipinski definition) is 5. The minimum Gasteiger partial charge on any atom is -0.452 e. The van der Waals surface area contributed by atoms with Crippen molar-refractivity contribution in [1.82, 2.24) is 5.43 Å². The third-order valence-corrected chi connectivity index (χ3v) is 5.22. The zero-order valence-electron chi connectivity index (χ0n) is 14.4. The average molecular weight is 487 g/mol. The van der Waals surface area contributed by atoms with Crippen LogP contribution in [-0.4, -0.2) is 29.9 Å². The van der Waals surface area contributed by atoms with Crippen molar-refractivity contribution < 1.29 is 19.4 Å². The maximum Gasteiger partial charge on any atom is 0.427 e. The number of halogens is 3. The topological polar surface area (TPSA) is 100 Å². The van der Waals surface area contributed by atoms with Crippen molar-refractivity contribution in [3.8, 4) is 0 Å². The van der Waals surface area contributed by atoms with Crippen molar-refractivity contribution in [3.05, 3.63) is 62.0 Å². The number of carbonyl (C=O) groups is 2. The fourth-order valence-corrected chi connectivity index (χ4v) is 3.69. The van der Waals surface area contributed by atoms with Gasteiger partial charge in [0.1, 0.15) is 0 Å². The molecule has 2 aromatic carbocycles. The van der Waals surface area contributed by atoms with Crippen molar-refractivity contribution in [2.75, 3.05) is 12.4 Å². The van der Waals surface area contributed by atoms with Crippen LogP contribution in [0.25, 0.3) is 0 Å². The number of methoxy groups -OCH3 is 1. The fourth-order valence-electron chi connectivity index (χ4n) is 2.81. The molecule has 10 heteroatoms. The van der Waals surface area contributed by atoms with Crippen molar-refractivity contribution >= 4 is 62.5 Å². The Kier molecular flexibility index (Phi) is 5.95. The zero-order valence-corrected chi connectivity index (χ0v) is 17.5. The Morgan fingerprint density at radius 3 is 2.75 bits per heavy atom. The van der Waals surface area contributed by atoms with Crippen LogP contribution in [0, 0.1) is 0 Å². The number of anilines is 1. The third kappa shape index (κ3) is 4.00. The maximum atomic E-state index is 12.6. The Labute approximate surface area is 178 Å². The number of rotatable bonds is 4. The van der Waals surface area contributed by atoms with Crippen molar-refractivity contribution in [3.63, 3.8) is 0 Å². The number of benzene rings is 2. The number of amides is 2. The van der Waals surface area contributed by atoms with E-state index in [0.29, 0.717) is 26.3 Å². The SMILES string of the molecule is COC(=O)N/N=C(\C[C@]1(O)C(=O)Nc2ccc(Br)cc21)c1ccc(Cl)cc1Cl. The molecule has 0 saturated carbocycles. The summed E-state index contributed by atoms with van der Waals surface area (Å²) >= 11 is 15.5. The van der Waals surface area contributed by atoms with Crippen LogP contribution in [0.5, 0.6) is 0 Å². The van der Waals surface area contributed by atoms with Gasteiger partial charge in [0.2, 0.25) is 0 Å². The first-order chi connectivity index (χ1) is 13.2. The molecule has 1 aliphatic rings. The second-order valence-electron chi connectivity index (χ2n) is 5.97. The van der Waals surface area contributed by atoms with Gasteiger partial charge in [-0.15, -0.1) is 0 Å². The highest BCUT2D eigenvalue weighted by Crippen LogP contribution is 2.41. The Balaban J connectivity index is 2.06. The van der Waals surface area contributed by atoms with Crippen LogP contribution in [0.2, 0.25) is 10.0 Å². The van der Waals surface area contributed by atoms with Gasteiger partial charge < -0.3 is 15.2 Å². The molecule has 3 rings (SSSR count). The normalized spacial score (nSPS) is 18.5. The summed E-state index contributed by atoms with van der Waals surface area (Å²) in [6, 6.07) is 9.72. The summed E-state index contributed by atoms with van der Waals surface area (Å²) in [5.74, 6) is -0.614. The molecule has 2 aromatic rings. The summed E-state index contributed by atoms with van der Waals surface area (Å²) in [5, 5.41) is 18.5. The molecule has 0 saturated heterocycles. The van der Waals surface area contributed by atoms with E-state index >= 15 is 0 Å². The van der Waals surface area contributed by atoms with Crippen LogP contribution in [0.1, 0.15) is 17.5 Å². The van der Waals surface area contributed by atoms with Gasteiger partial charge in [-0.05, 0) is 30.3 Å². The molecular formula is C18H14BrCl2N3O4. The predicted molar refractivity (Wildman–Crippen MR) is 110 cm³/mol. The molecule has 7 nitrogen and oxygen atoms in total. The van der Waals surface area contributed by atoms with Crippen LogP contribution in [0.4, 0.5) is 10.5 Å². The van der Waals surface area contributed by atoms with E-state index in [2.05, 4.69) is 36.5 Å². The van der Waals surface area contributed by atoms with Gasteiger partial charge in [-0.1, -0.05) is 45.2 Å². The highest BCUT2D eigenvalue weighted by molar-refractivity contribution is 9.10. The van der Waals surface area contributed by atoms with E-state index in [1.54, 1.807) is 30.3 Å². The molecule has 1 heterocycles. The van der Waals surface area contributed by atoms with Crippen molar-refractivity contribution in [2.24, 2.45) is 5.10 Å². The lowest BCUT2D eigenvalue weighted by Crippen LogP contribution is -2.37. The number of hydrazone groups is 1. The largest absolute Gasteiger partial charge is 0.452 e. The van der Waals surface area contributed by atoms with Crippen LogP contribution in [0.3, 0.4) is 0 Å². The quantitative estimate of drug-likeness (QED) is 0.448. The number of fused-ring (bicyclic) bond motifs is 1. The Bertz CT molecular complexity index is 999. The van der Waals surface area contributed by atoms with E-state index in [-0.39, 0.29) is 17.2 Å². The fraction of sp³-hybridized carbons (Fsp3) is 0.167. The van der Waals surface area contributed by atoms with E-state index < -0.39 is 17.6 Å². The van der Waals surface area contributed by atoms with Crippen molar-refractivity contribution in [2.45, 2.75) is 12.0 Å². The van der Waals surface area contributed by atoms with Crippen molar-refractivity contribution in [1.29, 1.82) is 0 Å². The highest BCUT2D eigenvalue weighted by Gasteiger charge is 2.46. The lowest BCUT2D eigenvalue weighted by molar-refractivity contribution is -0.132. The first-order valence-corrected chi connectivity index (χ1v) is 9.49. The van der Waals surface area contributed by atoms with Gasteiger partial charge in [0, 0.05) is 32.7 Å². The number of aliphatic hydroxyl groups is 1. The molecule has 0 aliphatic carbocycles. The molecule has 28 heavy (non-hydrogen) atoms. The summed E-state index contributed by atoms with van der Waals surface area (Å²) in [6.45, 7) is 0. The van der Waals surface area contributed by atoms with Gasteiger partial charge in [0.15, 0.2) is 5.60 Å². The molecule has 0 aromatic heterocycles. The summed E-state index contributed by atoms with van der Waals surface area (Å²) < 4.78 is 5.21. The van der Waals surface area contributed by atoms with E-state index in [1.807, 2.05) is 0 Å². The Hall–Kier alpha value is -2.13. The first kappa shape index (κ1) is 20.6. The van der Waals surface area contributed by atoms with E-state index in [4.69, 9.17) is 23.2 Å². The van der Waals surface area contributed by atoms with E-state index in [0.717, 1.165) is 0 Å². The minimum absolute atomic E-state index is 0.164. The number of ether oxygens (including phenoxy) is 1. The summed E-state index contributed by atoms with van der Waals surface area (Å²) in [6.07, 6.45) is -1.07. The Morgan fingerprint density at radius 2 is 2.07 bits per heavy atom. The van der Waals surface area contributed by atoms with Crippen LogP contribution in [0.15, 0.2) is 46.0 Å². The molecule has 0 radical (unpaired) electrons. The smallest absolute Gasteiger partial charge is 0.427 e. The van der Waals surface area contributed by atoms with Gasteiger partial charge in [0.25, 0.3) is 5.91 Å². The van der Waals surface area contributed by atoms with Gasteiger partial charge in [-0.3, -0.25) is 4.79 Å². The molecule has 3 N–H and O–H groups in total. The monoisotopic (exact) mass is 485 g/mol. The molecule has 0 fully saturated rings. The molecule has 0 spiro atoms. The summed E-state index contributed by atoms with van der Waals surface area (Å²) in [5.41, 5.74) is 1.70. The standard InChI is InChI=1S/C18H14BrCl2N3O4/c1-28-17(26)24-23-15(11-4-3-10(20)7-13(11)21)8-18(27)12-6-9(19)2-5-14(12)22-16(18)25/h2-7,27H,8H2,1H3,(H,22,25)(H,24,26)/b23-15+/t18-/m1/s1. The molecule has 1 aliphatic heterocycles. The molecule has 2 amide bonds. The maximum absolute atomic E-state index is 12.6. The average Bonchev–Trinajstić information content (AvgIpc) is 2.89. The minimum atomic E-state index is -1.92. The first-order valence-electron chi connectivity index (χ1n) is 7.94. The highest BCUT2D eigenvalue weighted by atomic mass is 79.9. The third-order valence-electron chi connectivity index (χ3n) is 4.18. The van der Waals surface area contributed by atoms with Gasteiger partial charge in [-0.25, -0.2) is 10.2 Å². The summed E-state index contributed by atoms with van der Waals surface area (Å²) in [4.78, 5) is 24.0. The second-order valence-corrected chi connectivity index (χ2v) is 7.73. The molecule has 146 valence electrons. The van der Waals surface area contributed by atoms with E-state index in [1.165, 1.54) is 13.2 Å². The van der Waals surface area contributed by atoms with Crippen LogP contribution < -0.4 is 10.7 Å². The summed E-state index contributed by atoms with van der Waals surface area (Å²) in [7, 11) is 1.19. The van der Waals surface area contributed by atoms with Gasteiger partial charge in [0.05, 0.1) is 17.8 Å². The number of nitrogens with zero attached hydrogens (tertiary/aromatic N) is 1. The molecular weight excluding hydrogens is 473 g/mol. The lowest BCUT2D eigenvalue weighted by Gasteiger charge is -2.22. The predicted octanol–water partition coefficient (Wildman–Crippen LogP) is 4.05. The van der Waals surface area contributed by atoms with Crippen LogP contribution in [-0.2, 0) is 15.1 Å². The molecule has 1 atom stereocenters. The molecule has 0 unspecified atom stereocenters. The second kappa shape index (κ2) is 8.08. The van der Waals surface area contributed by atoms with Crippen LogP contribution >= 0.6 is 39.1 Å². The zero-order chi connectivity index (χ0) is 20.5. The number of carbonyl (C=O) groups excluding carboxylic acids is 2. The van der Waals surface area contributed by atoms with Gasteiger partial charge in [-0.2, -0.15) is 5.10 Å². The number of hydrogen-bond donors (Lipinski definition) is 3.